The van der Waals surface area contributed by atoms with E-state index in [1.807, 2.05) is 0 Å². The fourth-order valence-electron chi connectivity index (χ4n) is 3.56. The van der Waals surface area contributed by atoms with E-state index >= 15 is 0 Å². The van der Waals surface area contributed by atoms with E-state index < -0.39 is 0 Å². The number of morpholine rings is 1. The molecule has 0 aromatic carbocycles. The number of aromatic nitrogens is 2. The molecule has 7 heteroatoms. The molecule has 0 saturated carbocycles. The summed E-state index contributed by atoms with van der Waals surface area (Å²) in [6.07, 6.45) is 2.97. The Balaban J connectivity index is 1.86. The van der Waals surface area contributed by atoms with Crippen LogP contribution in [0, 0.1) is 0 Å². The summed E-state index contributed by atoms with van der Waals surface area (Å²) < 4.78 is 11.6. The van der Waals surface area contributed by atoms with Gasteiger partial charge >= 0.3 is 0 Å². The first-order valence-electron chi connectivity index (χ1n) is 9.40. The third-order valence-corrected chi connectivity index (χ3v) is 5.34. The predicted molar refractivity (Wildman–Crippen MR) is 97.3 cm³/mol. The molecule has 2 saturated heterocycles. The maximum atomic E-state index is 9.09. The number of rotatable bonds is 7. The summed E-state index contributed by atoms with van der Waals surface area (Å²) in [5.74, 6) is 1.84. The molecule has 1 aromatic heterocycles. The molecule has 140 valence electrons. The van der Waals surface area contributed by atoms with E-state index in [1.165, 1.54) is 0 Å². The molecule has 1 atom stereocenters. The molecule has 3 heterocycles. The molecule has 0 unspecified atom stereocenters. The summed E-state index contributed by atoms with van der Waals surface area (Å²) >= 11 is 0. The Morgan fingerprint density at radius 2 is 2.16 bits per heavy atom. The lowest BCUT2D eigenvalue weighted by Gasteiger charge is -2.42. The monoisotopic (exact) mass is 350 g/mol. The van der Waals surface area contributed by atoms with E-state index in [1.54, 1.807) is 0 Å². The molecule has 3 rings (SSSR count). The van der Waals surface area contributed by atoms with Crippen LogP contribution >= 0.6 is 0 Å². The van der Waals surface area contributed by atoms with Crippen molar-refractivity contribution >= 4 is 11.8 Å². The SMILES string of the molecule is CCC1(CC)CN(c2cc([C@@H]3CCOC3)nc(NCCO)n2)CCO1. The molecule has 7 nitrogen and oxygen atoms in total. The van der Waals surface area contributed by atoms with Gasteiger partial charge in [0.25, 0.3) is 0 Å². The third kappa shape index (κ3) is 4.22. The Morgan fingerprint density at radius 1 is 1.32 bits per heavy atom. The highest BCUT2D eigenvalue weighted by Crippen LogP contribution is 2.31. The van der Waals surface area contributed by atoms with Crippen LogP contribution in [0.3, 0.4) is 0 Å². The second kappa shape index (κ2) is 8.29. The quantitative estimate of drug-likeness (QED) is 0.776. The van der Waals surface area contributed by atoms with Gasteiger partial charge in [-0.05, 0) is 19.3 Å². The van der Waals surface area contributed by atoms with Gasteiger partial charge < -0.3 is 24.8 Å². The molecule has 0 amide bonds. The molecule has 0 spiro atoms. The van der Waals surface area contributed by atoms with Crippen molar-refractivity contribution in [2.24, 2.45) is 0 Å². The Kier molecular flexibility index (Phi) is 6.09. The van der Waals surface area contributed by atoms with Crippen molar-refractivity contribution in [2.75, 3.05) is 56.3 Å². The van der Waals surface area contributed by atoms with Crippen molar-refractivity contribution in [3.8, 4) is 0 Å². The molecular formula is C18H30N4O3. The van der Waals surface area contributed by atoms with Gasteiger partial charge in [-0.1, -0.05) is 13.8 Å². The highest BCUT2D eigenvalue weighted by molar-refractivity contribution is 5.46. The molecule has 2 aliphatic rings. The molecule has 2 N–H and O–H groups in total. The Hall–Kier alpha value is -1.44. The summed E-state index contributed by atoms with van der Waals surface area (Å²) in [5, 5.41) is 12.2. The minimum Gasteiger partial charge on any atom is -0.395 e. The molecule has 2 fully saturated rings. The van der Waals surface area contributed by atoms with Crippen LogP contribution in [0.2, 0.25) is 0 Å². The van der Waals surface area contributed by atoms with Gasteiger partial charge in [0.15, 0.2) is 0 Å². The van der Waals surface area contributed by atoms with Gasteiger partial charge in [-0.2, -0.15) is 4.98 Å². The Bertz CT molecular complexity index is 559. The zero-order valence-electron chi connectivity index (χ0n) is 15.3. The highest BCUT2D eigenvalue weighted by atomic mass is 16.5. The number of anilines is 2. The molecule has 0 radical (unpaired) electrons. The van der Waals surface area contributed by atoms with Crippen LogP contribution in [0.4, 0.5) is 11.8 Å². The smallest absolute Gasteiger partial charge is 0.224 e. The van der Waals surface area contributed by atoms with E-state index in [4.69, 9.17) is 19.6 Å². The number of aliphatic hydroxyl groups is 1. The van der Waals surface area contributed by atoms with Gasteiger partial charge in [0.1, 0.15) is 5.82 Å². The lowest BCUT2D eigenvalue weighted by atomic mass is 9.95. The van der Waals surface area contributed by atoms with E-state index in [2.05, 4.69) is 35.1 Å². The molecule has 1 aromatic rings. The van der Waals surface area contributed by atoms with Gasteiger partial charge in [0.05, 0.1) is 31.1 Å². The topological polar surface area (TPSA) is 79.7 Å². The zero-order chi connectivity index (χ0) is 17.7. The van der Waals surface area contributed by atoms with Crippen LogP contribution in [0.1, 0.15) is 44.7 Å². The van der Waals surface area contributed by atoms with Crippen molar-refractivity contribution in [1.29, 1.82) is 0 Å². The van der Waals surface area contributed by atoms with Crippen LogP contribution in [0.15, 0.2) is 6.07 Å². The molecule has 0 bridgehead atoms. The molecule has 0 aliphatic carbocycles. The lowest BCUT2D eigenvalue weighted by Crippen LogP contribution is -2.51. The normalized spacial score (nSPS) is 23.0. The van der Waals surface area contributed by atoms with E-state index in [0.717, 1.165) is 50.5 Å². The van der Waals surface area contributed by atoms with E-state index in [0.29, 0.717) is 31.6 Å². The third-order valence-electron chi connectivity index (χ3n) is 5.34. The van der Waals surface area contributed by atoms with Crippen molar-refractivity contribution in [2.45, 2.75) is 44.6 Å². The van der Waals surface area contributed by atoms with Crippen LogP contribution in [0.5, 0.6) is 0 Å². The number of ether oxygens (including phenoxy) is 2. The first-order valence-corrected chi connectivity index (χ1v) is 9.40. The highest BCUT2D eigenvalue weighted by Gasteiger charge is 2.34. The van der Waals surface area contributed by atoms with Crippen molar-refractivity contribution in [1.82, 2.24) is 9.97 Å². The number of hydrogen-bond donors (Lipinski definition) is 2. The minimum atomic E-state index is -0.0987. The van der Waals surface area contributed by atoms with E-state index in [-0.39, 0.29) is 12.2 Å². The van der Waals surface area contributed by atoms with Gasteiger partial charge in [-0.15, -0.1) is 0 Å². The maximum absolute atomic E-state index is 9.09. The average Bonchev–Trinajstić information content (AvgIpc) is 3.21. The minimum absolute atomic E-state index is 0.0573. The second-order valence-electron chi connectivity index (χ2n) is 6.85. The zero-order valence-corrected chi connectivity index (χ0v) is 15.3. The predicted octanol–water partition coefficient (Wildman–Crippen LogP) is 1.78. The van der Waals surface area contributed by atoms with Crippen molar-refractivity contribution < 1.29 is 14.6 Å². The number of nitrogens with zero attached hydrogens (tertiary/aromatic N) is 3. The summed E-state index contributed by atoms with van der Waals surface area (Å²) in [5.41, 5.74) is 0.923. The van der Waals surface area contributed by atoms with Crippen molar-refractivity contribution in [3.63, 3.8) is 0 Å². The first kappa shape index (κ1) is 18.4. The fraction of sp³-hybridized carbons (Fsp3) is 0.778. The lowest BCUT2D eigenvalue weighted by molar-refractivity contribution is -0.0606. The standard InChI is InChI=1S/C18H30N4O3/c1-3-18(4-2)13-22(7-10-25-18)16-11-15(14-5-9-24-12-14)20-17(21-16)19-6-8-23/h11,14,23H,3-10,12-13H2,1-2H3,(H,19,20,21)/t14-/m1/s1. The van der Waals surface area contributed by atoms with Crippen LogP contribution in [-0.4, -0.2) is 66.7 Å². The summed E-state index contributed by atoms with van der Waals surface area (Å²) in [6, 6.07) is 2.10. The summed E-state index contributed by atoms with van der Waals surface area (Å²) in [4.78, 5) is 11.7. The maximum Gasteiger partial charge on any atom is 0.224 e. The van der Waals surface area contributed by atoms with E-state index in [9.17, 15) is 0 Å². The van der Waals surface area contributed by atoms with Gasteiger partial charge in [0.2, 0.25) is 5.95 Å². The first-order chi connectivity index (χ1) is 12.2. The molecule has 2 aliphatic heterocycles. The molecule has 25 heavy (non-hydrogen) atoms. The van der Waals surface area contributed by atoms with Crippen LogP contribution in [0.25, 0.3) is 0 Å². The summed E-state index contributed by atoms with van der Waals surface area (Å²) in [6.45, 7) is 8.76. The van der Waals surface area contributed by atoms with Crippen LogP contribution in [-0.2, 0) is 9.47 Å². The van der Waals surface area contributed by atoms with Gasteiger partial charge in [0, 0.05) is 38.2 Å². The van der Waals surface area contributed by atoms with Crippen molar-refractivity contribution in [3.05, 3.63) is 11.8 Å². The number of nitrogens with one attached hydrogen (secondary N) is 1. The number of aliphatic hydroxyl groups excluding tert-OH is 1. The Morgan fingerprint density at radius 3 is 2.84 bits per heavy atom. The summed E-state index contributed by atoms with van der Waals surface area (Å²) in [7, 11) is 0. The van der Waals surface area contributed by atoms with Crippen LogP contribution < -0.4 is 10.2 Å². The molecular weight excluding hydrogens is 320 g/mol. The largest absolute Gasteiger partial charge is 0.395 e. The van der Waals surface area contributed by atoms with Gasteiger partial charge in [-0.3, -0.25) is 0 Å². The fourth-order valence-corrected chi connectivity index (χ4v) is 3.56. The average molecular weight is 350 g/mol. The van der Waals surface area contributed by atoms with Gasteiger partial charge in [-0.25, -0.2) is 4.98 Å². The second-order valence-corrected chi connectivity index (χ2v) is 6.85. The Labute approximate surface area is 149 Å². The number of hydrogen-bond acceptors (Lipinski definition) is 7.